The standard InChI is InChI=1S/C52H36N2/c1-4-18-38(19-5-1)44-34-33-43(36-47(44)39-20-6-2-7-21-39)53(42-23-8-3-9-24-42)50-29-16-30-51-52(50)46-26-13-15-28-49(46)54(51)48-27-14-12-25-45(48)41-32-31-37-17-10-11-22-40(37)35-41/h1-36H. The fourth-order valence-electron chi connectivity index (χ4n) is 8.12. The van der Waals surface area contributed by atoms with Crippen LogP contribution in [-0.2, 0) is 0 Å². The van der Waals surface area contributed by atoms with E-state index in [2.05, 4.69) is 228 Å². The van der Waals surface area contributed by atoms with Crippen LogP contribution in [0.3, 0.4) is 0 Å². The fourth-order valence-corrected chi connectivity index (χ4v) is 8.12. The van der Waals surface area contributed by atoms with Crippen molar-refractivity contribution in [2.24, 2.45) is 0 Å². The van der Waals surface area contributed by atoms with Crippen LogP contribution >= 0.6 is 0 Å². The molecule has 0 saturated heterocycles. The second kappa shape index (κ2) is 13.4. The molecule has 0 atom stereocenters. The Morgan fingerprint density at radius 1 is 0.333 bits per heavy atom. The number of nitrogens with zero attached hydrogens (tertiary/aromatic N) is 2. The Kier molecular flexibility index (Phi) is 7.85. The maximum absolute atomic E-state index is 2.45. The van der Waals surface area contributed by atoms with E-state index in [4.69, 9.17) is 0 Å². The lowest BCUT2D eigenvalue weighted by atomic mass is 9.93. The van der Waals surface area contributed by atoms with Gasteiger partial charge in [0.1, 0.15) is 0 Å². The minimum absolute atomic E-state index is 1.10. The summed E-state index contributed by atoms with van der Waals surface area (Å²) in [6.45, 7) is 0. The Labute approximate surface area is 315 Å². The van der Waals surface area contributed by atoms with E-state index >= 15 is 0 Å². The highest BCUT2D eigenvalue weighted by molar-refractivity contribution is 6.17. The van der Waals surface area contributed by atoms with Gasteiger partial charge in [0, 0.05) is 27.7 Å². The van der Waals surface area contributed by atoms with Crippen molar-refractivity contribution in [1.82, 2.24) is 4.57 Å². The molecule has 10 aromatic rings. The number of aromatic nitrogens is 1. The van der Waals surface area contributed by atoms with Crippen LogP contribution in [0.5, 0.6) is 0 Å². The molecule has 2 heteroatoms. The molecular weight excluding hydrogens is 653 g/mol. The summed E-state index contributed by atoms with van der Waals surface area (Å²) in [4.78, 5) is 2.43. The van der Waals surface area contributed by atoms with E-state index in [1.165, 1.54) is 60.4 Å². The molecule has 0 N–H and O–H groups in total. The maximum atomic E-state index is 2.45. The summed E-state index contributed by atoms with van der Waals surface area (Å²) in [6.07, 6.45) is 0. The molecule has 1 heterocycles. The van der Waals surface area contributed by atoms with Crippen LogP contribution in [0.1, 0.15) is 0 Å². The van der Waals surface area contributed by atoms with Gasteiger partial charge >= 0.3 is 0 Å². The average molecular weight is 689 g/mol. The predicted molar refractivity (Wildman–Crippen MR) is 229 cm³/mol. The summed E-state index contributed by atoms with van der Waals surface area (Å²) < 4.78 is 2.45. The lowest BCUT2D eigenvalue weighted by molar-refractivity contribution is 1.18. The molecule has 0 aliphatic carbocycles. The molecule has 10 rings (SSSR count). The summed E-state index contributed by atoms with van der Waals surface area (Å²) in [5, 5.41) is 4.90. The van der Waals surface area contributed by atoms with E-state index in [1.807, 2.05) is 0 Å². The molecule has 0 unspecified atom stereocenters. The van der Waals surface area contributed by atoms with Gasteiger partial charge in [0.2, 0.25) is 0 Å². The third-order valence-corrected chi connectivity index (χ3v) is 10.6. The van der Waals surface area contributed by atoms with Gasteiger partial charge in [-0.3, -0.25) is 0 Å². The van der Waals surface area contributed by atoms with Crippen LogP contribution in [0.15, 0.2) is 218 Å². The van der Waals surface area contributed by atoms with Crippen LogP contribution in [0.4, 0.5) is 17.1 Å². The first-order valence-corrected chi connectivity index (χ1v) is 18.5. The Bertz CT molecular complexity index is 2930. The normalized spacial score (nSPS) is 11.3. The molecule has 0 bridgehead atoms. The van der Waals surface area contributed by atoms with E-state index < -0.39 is 0 Å². The summed E-state index contributed by atoms with van der Waals surface area (Å²) in [5.74, 6) is 0. The molecule has 0 fully saturated rings. The number of benzene rings is 9. The van der Waals surface area contributed by atoms with Crippen LogP contribution in [0.25, 0.3) is 71.6 Å². The molecular formula is C52H36N2. The molecule has 0 amide bonds. The lowest BCUT2D eigenvalue weighted by Crippen LogP contribution is -2.10. The van der Waals surface area contributed by atoms with E-state index in [0.29, 0.717) is 0 Å². The Morgan fingerprint density at radius 2 is 0.963 bits per heavy atom. The first-order valence-electron chi connectivity index (χ1n) is 18.5. The SMILES string of the molecule is c1ccc(-c2ccc(N(c3ccccc3)c3cccc4c3c3ccccc3n4-c3ccccc3-c3ccc4ccccc4c3)cc2-c2ccccc2)cc1. The summed E-state index contributed by atoms with van der Waals surface area (Å²) in [6, 6.07) is 78.9. The largest absolute Gasteiger partial charge is 0.310 e. The lowest BCUT2D eigenvalue weighted by Gasteiger charge is -2.27. The smallest absolute Gasteiger partial charge is 0.0562 e. The van der Waals surface area contributed by atoms with Crippen molar-refractivity contribution in [3.63, 3.8) is 0 Å². The van der Waals surface area contributed by atoms with Gasteiger partial charge < -0.3 is 9.47 Å². The van der Waals surface area contributed by atoms with Gasteiger partial charge in [-0.25, -0.2) is 0 Å². The molecule has 0 radical (unpaired) electrons. The first-order chi connectivity index (χ1) is 26.8. The first kappa shape index (κ1) is 31.6. The van der Waals surface area contributed by atoms with Gasteiger partial charge in [-0.15, -0.1) is 0 Å². The van der Waals surface area contributed by atoms with Crippen molar-refractivity contribution in [3.05, 3.63) is 218 Å². The minimum Gasteiger partial charge on any atom is -0.310 e. The van der Waals surface area contributed by atoms with Gasteiger partial charge in [0.05, 0.1) is 22.4 Å². The number of anilines is 3. The zero-order valence-corrected chi connectivity index (χ0v) is 29.7. The predicted octanol–water partition coefficient (Wildman–Crippen LogP) is 14.4. The molecule has 0 saturated carbocycles. The van der Waals surface area contributed by atoms with Crippen molar-refractivity contribution in [2.45, 2.75) is 0 Å². The zero-order valence-electron chi connectivity index (χ0n) is 29.7. The Hall–Kier alpha value is -7.16. The molecule has 254 valence electrons. The topological polar surface area (TPSA) is 8.17 Å². The van der Waals surface area contributed by atoms with E-state index in [9.17, 15) is 0 Å². The highest BCUT2D eigenvalue weighted by Crippen LogP contribution is 2.46. The summed E-state index contributed by atoms with van der Waals surface area (Å²) in [5.41, 5.74) is 14.0. The number of hydrogen-bond donors (Lipinski definition) is 0. The van der Waals surface area contributed by atoms with Crippen molar-refractivity contribution >= 4 is 49.6 Å². The molecule has 1 aromatic heterocycles. The Balaban J connectivity index is 1.23. The van der Waals surface area contributed by atoms with Gasteiger partial charge in [-0.05, 0) is 93.2 Å². The van der Waals surface area contributed by atoms with E-state index in [1.54, 1.807) is 0 Å². The van der Waals surface area contributed by atoms with Gasteiger partial charge in [0.15, 0.2) is 0 Å². The van der Waals surface area contributed by atoms with E-state index in [0.717, 1.165) is 28.3 Å². The highest BCUT2D eigenvalue weighted by Gasteiger charge is 2.23. The summed E-state index contributed by atoms with van der Waals surface area (Å²) >= 11 is 0. The minimum atomic E-state index is 1.10. The van der Waals surface area contributed by atoms with Gasteiger partial charge in [-0.2, -0.15) is 0 Å². The van der Waals surface area contributed by atoms with E-state index in [-0.39, 0.29) is 0 Å². The third kappa shape index (κ3) is 5.44. The van der Waals surface area contributed by atoms with Crippen LogP contribution in [0.2, 0.25) is 0 Å². The second-order valence-electron chi connectivity index (χ2n) is 13.7. The molecule has 0 aliphatic rings. The molecule has 0 aliphatic heterocycles. The Morgan fingerprint density at radius 3 is 1.76 bits per heavy atom. The molecule has 54 heavy (non-hydrogen) atoms. The number of hydrogen-bond acceptors (Lipinski definition) is 1. The summed E-state index contributed by atoms with van der Waals surface area (Å²) in [7, 11) is 0. The second-order valence-corrected chi connectivity index (χ2v) is 13.7. The average Bonchev–Trinajstić information content (AvgIpc) is 3.59. The quantitative estimate of drug-likeness (QED) is 0.162. The molecule has 2 nitrogen and oxygen atoms in total. The fraction of sp³-hybridized carbons (Fsp3) is 0. The monoisotopic (exact) mass is 688 g/mol. The number of fused-ring (bicyclic) bond motifs is 4. The van der Waals surface area contributed by atoms with Crippen LogP contribution in [0, 0.1) is 0 Å². The third-order valence-electron chi connectivity index (χ3n) is 10.6. The zero-order chi connectivity index (χ0) is 35.8. The number of rotatable bonds is 7. The van der Waals surface area contributed by atoms with Gasteiger partial charge in [0.25, 0.3) is 0 Å². The van der Waals surface area contributed by atoms with Crippen molar-refractivity contribution in [1.29, 1.82) is 0 Å². The van der Waals surface area contributed by atoms with Crippen molar-refractivity contribution in [3.8, 4) is 39.1 Å². The highest BCUT2D eigenvalue weighted by atomic mass is 15.1. The van der Waals surface area contributed by atoms with Crippen molar-refractivity contribution < 1.29 is 0 Å². The molecule has 9 aromatic carbocycles. The molecule has 0 spiro atoms. The van der Waals surface area contributed by atoms with Crippen LogP contribution < -0.4 is 4.90 Å². The van der Waals surface area contributed by atoms with Crippen molar-refractivity contribution in [2.75, 3.05) is 4.90 Å². The van der Waals surface area contributed by atoms with Gasteiger partial charge in [-0.1, -0.05) is 164 Å². The maximum Gasteiger partial charge on any atom is 0.0562 e. The number of para-hydroxylation sites is 3. The van der Waals surface area contributed by atoms with Crippen LogP contribution in [-0.4, -0.2) is 4.57 Å².